The van der Waals surface area contributed by atoms with E-state index in [-0.39, 0.29) is 18.4 Å². The molecule has 0 saturated heterocycles. The van der Waals surface area contributed by atoms with Gasteiger partial charge in [-0.15, -0.1) is 0 Å². The second kappa shape index (κ2) is 7.96. The number of halogens is 3. The summed E-state index contributed by atoms with van der Waals surface area (Å²) in [5.41, 5.74) is -0.708. The summed E-state index contributed by atoms with van der Waals surface area (Å²) in [7, 11) is -3.38. The predicted molar refractivity (Wildman–Crippen MR) is 92.7 cm³/mol. The molecule has 0 aromatic rings. The number of hydrogen-bond acceptors (Lipinski definition) is 3. The number of amides is 1. The first-order chi connectivity index (χ1) is 12.0. The first-order valence-electron chi connectivity index (χ1n) is 8.44. The minimum absolute atomic E-state index is 0.0876. The zero-order chi connectivity index (χ0) is 19.5. The Hall–Kier alpha value is -1.61. The molecule has 0 bridgehead atoms. The molecule has 0 spiro atoms. The van der Waals surface area contributed by atoms with Gasteiger partial charge in [-0.05, 0) is 33.1 Å². The van der Waals surface area contributed by atoms with Gasteiger partial charge >= 0.3 is 6.18 Å². The lowest BCUT2D eigenvalue weighted by atomic mass is 9.92. The van der Waals surface area contributed by atoms with Gasteiger partial charge in [-0.2, -0.15) is 13.2 Å². The van der Waals surface area contributed by atoms with E-state index in [0.29, 0.717) is 12.8 Å². The molecule has 0 aromatic carbocycles. The summed E-state index contributed by atoms with van der Waals surface area (Å²) in [6.45, 7) is 3.17. The van der Waals surface area contributed by atoms with Crippen molar-refractivity contribution in [1.82, 2.24) is 10.0 Å². The Kier molecular flexibility index (Phi) is 6.33. The molecule has 146 valence electrons. The highest BCUT2D eigenvalue weighted by Crippen LogP contribution is 2.29. The van der Waals surface area contributed by atoms with Crippen LogP contribution in [-0.2, 0) is 14.8 Å². The van der Waals surface area contributed by atoms with Crippen molar-refractivity contribution in [3.8, 4) is 0 Å². The van der Waals surface area contributed by atoms with Crippen molar-refractivity contribution in [1.29, 1.82) is 0 Å². The second-order valence-corrected chi connectivity index (χ2v) is 9.02. The van der Waals surface area contributed by atoms with Crippen molar-refractivity contribution < 1.29 is 26.4 Å². The fourth-order valence-electron chi connectivity index (χ4n) is 2.71. The molecule has 0 radical (unpaired) electrons. The SMILES string of the molecule is CC(C)S(=O)(=O)NC1C=CC(C(=O)N[C@H]2C=CC(C(F)(F)F)=CC2)CC1. The van der Waals surface area contributed by atoms with Crippen molar-refractivity contribution in [2.45, 2.75) is 56.6 Å². The van der Waals surface area contributed by atoms with Crippen molar-refractivity contribution in [2.24, 2.45) is 5.92 Å². The Morgan fingerprint density at radius 2 is 1.85 bits per heavy atom. The standard InChI is InChI=1S/C17H23F3N2O3S/c1-11(2)26(24,25)22-15-7-3-12(4-8-15)16(23)21-14-9-5-13(6-10-14)17(18,19)20/h3,5-7,9,11-12,14-15,22H,4,8,10H2,1-2H3,(H,21,23)/t12?,14-,15?/m0/s1. The molecule has 2 N–H and O–H groups in total. The molecule has 0 aromatic heterocycles. The first kappa shape index (κ1) is 20.7. The Morgan fingerprint density at radius 1 is 1.15 bits per heavy atom. The van der Waals surface area contributed by atoms with Gasteiger partial charge in [0.25, 0.3) is 0 Å². The molecule has 0 aliphatic heterocycles. The molecule has 2 rings (SSSR count). The van der Waals surface area contributed by atoms with Gasteiger partial charge in [-0.1, -0.05) is 30.4 Å². The van der Waals surface area contributed by atoms with Gasteiger partial charge in [0.2, 0.25) is 15.9 Å². The highest BCUT2D eigenvalue weighted by Gasteiger charge is 2.33. The number of carbonyl (C=O) groups is 1. The lowest BCUT2D eigenvalue weighted by Crippen LogP contribution is -2.42. The maximum atomic E-state index is 12.6. The molecule has 1 amide bonds. The Bertz CT molecular complexity index is 724. The third-order valence-electron chi connectivity index (χ3n) is 4.39. The van der Waals surface area contributed by atoms with Gasteiger partial charge < -0.3 is 5.32 Å². The lowest BCUT2D eigenvalue weighted by Gasteiger charge is -2.26. The van der Waals surface area contributed by atoms with Crippen LogP contribution in [0.3, 0.4) is 0 Å². The van der Waals surface area contributed by atoms with Gasteiger partial charge in [0, 0.05) is 6.04 Å². The number of carbonyl (C=O) groups excluding carboxylic acids is 1. The summed E-state index contributed by atoms with van der Waals surface area (Å²) >= 11 is 0. The monoisotopic (exact) mass is 392 g/mol. The third kappa shape index (κ3) is 5.44. The van der Waals surface area contributed by atoms with Crippen LogP contribution in [0, 0.1) is 5.92 Å². The molecule has 26 heavy (non-hydrogen) atoms. The quantitative estimate of drug-likeness (QED) is 0.706. The Morgan fingerprint density at radius 3 is 2.31 bits per heavy atom. The van der Waals surface area contributed by atoms with E-state index in [9.17, 15) is 26.4 Å². The van der Waals surface area contributed by atoms with Crippen molar-refractivity contribution in [3.63, 3.8) is 0 Å². The third-order valence-corrected chi connectivity index (χ3v) is 6.26. The van der Waals surface area contributed by atoms with E-state index in [1.54, 1.807) is 26.0 Å². The number of rotatable bonds is 5. The Labute approximate surface area is 151 Å². The van der Waals surface area contributed by atoms with Gasteiger partial charge in [0.05, 0.1) is 22.8 Å². The molecule has 5 nitrogen and oxygen atoms in total. The molecule has 2 aliphatic rings. The summed E-state index contributed by atoms with van der Waals surface area (Å²) in [4.78, 5) is 12.3. The van der Waals surface area contributed by atoms with E-state index in [0.717, 1.165) is 12.2 Å². The molecule has 0 fully saturated rings. The average Bonchev–Trinajstić information content (AvgIpc) is 2.54. The predicted octanol–water partition coefficient (Wildman–Crippen LogP) is 2.58. The van der Waals surface area contributed by atoms with Gasteiger partial charge in [0.15, 0.2) is 0 Å². The van der Waals surface area contributed by atoms with Crippen LogP contribution in [0.25, 0.3) is 0 Å². The zero-order valence-corrected chi connectivity index (χ0v) is 15.4. The van der Waals surface area contributed by atoms with E-state index in [1.165, 1.54) is 6.08 Å². The topological polar surface area (TPSA) is 75.3 Å². The molecular weight excluding hydrogens is 369 g/mol. The summed E-state index contributed by atoms with van der Waals surface area (Å²) in [6.07, 6.45) is 3.35. The molecule has 0 heterocycles. The van der Waals surface area contributed by atoms with Crippen LogP contribution in [0.1, 0.15) is 33.1 Å². The second-order valence-electron chi connectivity index (χ2n) is 6.75. The highest BCUT2D eigenvalue weighted by atomic mass is 32.2. The van der Waals surface area contributed by atoms with E-state index < -0.39 is 39.0 Å². The number of alkyl halides is 3. The van der Waals surface area contributed by atoms with Crippen LogP contribution in [0.5, 0.6) is 0 Å². The minimum atomic E-state index is -4.38. The van der Waals surface area contributed by atoms with Gasteiger partial charge in [0.1, 0.15) is 0 Å². The fraction of sp³-hybridized carbons (Fsp3) is 0.588. The smallest absolute Gasteiger partial charge is 0.349 e. The molecule has 2 aliphatic carbocycles. The Balaban J connectivity index is 1.86. The molecule has 0 saturated carbocycles. The largest absolute Gasteiger partial charge is 0.416 e. The average molecular weight is 392 g/mol. The number of sulfonamides is 1. The number of nitrogens with one attached hydrogen (secondary N) is 2. The zero-order valence-electron chi connectivity index (χ0n) is 14.6. The van der Waals surface area contributed by atoms with E-state index in [1.807, 2.05) is 0 Å². The van der Waals surface area contributed by atoms with Crippen LogP contribution in [0.15, 0.2) is 36.0 Å². The molecule has 9 heteroatoms. The summed E-state index contributed by atoms with van der Waals surface area (Å²) in [5.74, 6) is -0.693. The van der Waals surface area contributed by atoms with Gasteiger partial charge in [-0.25, -0.2) is 13.1 Å². The minimum Gasteiger partial charge on any atom is -0.349 e. The molecule has 2 unspecified atom stereocenters. The number of hydrogen-bond donors (Lipinski definition) is 2. The van der Waals surface area contributed by atoms with Crippen LogP contribution in [0.2, 0.25) is 0 Å². The van der Waals surface area contributed by atoms with Crippen molar-refractivity contribution in [2.75, 3.05) is 0 Å². The van der Waals surface area contributed by atoms with Crippen LogP contribution in [-0.4, -0.2) is 37.8 Å². The number of allylic oxidation sites excluding steroid dienone is 2. The van der Waals surface area contributed by atoms with Crippen molar-refractivity contribution in [3.05, 3.63) is 36.0 Å². The van der Waals surface area contributed by atoms with Crippen LogP contribution < -0.4 is 10.0 Å². The van der Waals surface area contributed by atoms with Crippen molar-refractivity contribution >= 4 is 15.9 Å². The summed E-state index contributed by atoms with van der Waals surface area (Å²) in [6, 6.07) is -0.822. The maximum absolute atomic E-state index is 12.6. The fourth-order valence-corrected chi connectivity index (χ4v) is 3.60. The van der Waals surface area contributed by atoms with Crippen LogP contribution in [0.4, 0.5) is 13.2 Å². The normalized spacial score (nSPS) is 26.7. The van der Waals surface area contributed by atoms with E-state index in [4.69, 9.17) is 0 Å². The summed E-state index contributed by atoms with van der Waals surface area (Å²) < 4.78 is 64.0. The van der Waals surface area contributed by atoms with E-state index in [2.05, 4.69) is 10.0 Å². The first-order valence-corrected chi connectivity index (χ1v) is 9.99. The maximum Gasteiger partial charge on any atom is 0.416 e. The van der Waals surface area contributed by atoms with Crippen LogP contribution >= 0.6 is 0 Å². The summed E-state index contributed by atoms with van der Waals surface area (Å²) in [5, 5.41) is 2.18. The molecular formula is C17H23F3N2O3S. The lowest BCUT2D eigenvalue weighted by molar-refractivity contribution is -0.124. The van der Waals surface area contributed by atoms with Gasteiger partial charge in [-0.3, -0.25) is 4.79 Å². The highest BCUT2D eigenvalue weighted by molar-refractivity contribution is 7.90. The molecule has 3 atom stereocenters. The van der Waals surface area contributed by atoms with E-state index >= 15 is 0 Å².